The third-order valence-electron chi connectivity index (χ3n) is 0. The van der Waals surface area contributed by atoms with E-state index in [-0.39, 0.29) is 207 Å². The Morgan fingerprint density at radius 3 is 0.219 bits per heavy atom. The molecule has 0 bridgehead atoms. The van der Waals surface area contributed by atoms with Crippen molar-refractivity contribution in [1.82, 2.24) is 0 Å². The first kappa shape index (κ1) is 77.4. The van der Waals surface area contributed by atoms with Gasteiger partial charge in [-0.3, -0.25) is 0 Å². The summed E-state index contributed by atoms with van der Waals surface area (Å²) >= 11 is 0. The molecule has 0 saturated carbocycles. The first-order valence-electron chi connectivity index (χ1n) is 3.91. The minimum atomic E-state index is -4.64. The summed E-state index contributed by atoms with van der Waals surface area (Å²) in [5, 5.41) is 0. The van der Waals surface area contributed by atoms with Gasteiger partial charge in [0.2, 0.25) is 0 Å². The summed E-state index contributed by atoms with van der Waals surface area (Å²) in [5.41, 5.74) is 0. The Morgan fingerprint density at radius 1 is 0.219 bits per heavy atom. The molecule has 0 amide bonds. The summed E-state index contributed by atoms with van der Waals surface area (Å²) in [6.45, 7) is 0. The second kappa shape index (κ2) is 38.5. The molecule has 32 heteroatoms. The maximum absolute atomic E-state index is 8.88. The van der Waals surface area contributed by atoms with Crippen molar-refractivity contribution in [2.45, 2.75) is 0 Å². The topological polar surface area (TPSA) is 389 Å². The molecule has 0 aliphatic rings. The molecule has 0 rings (SSSR count). The maximum atomic E-state index is 8.88. The molecular weight excluding hydrogens is 636 g/mol. The summed E-state index contributed by atoms with van der Waals surface area (Å²) in [4.78, 5) is 108. The van der Waals surface area contributed by atoms with E-state index >= 15 is 0 Å². The van der Waals surface area contributed by atoms with Crippen LogP contribution in [0.15, 0.2) is 0 Å². The zero-order valence-corrected chi connectivity index (χ0v) is 15.5. The van der Waals surface area contributed by atoms with Gasteiger partial charge in [0.15, 0.2) is 0 Å². The van der Waals surface area contributed by atoms with Crippen molar-refractivity contribution in [3.05, 3.63) is 0 Å². The molecule has 0 radical (unpaired) electrons. The molecule has 0 aromatic carbocycles. The number of rotatable bonds is 0. The Labute approximate surface area is 335 Å². The van der Waals surface area contributed by atoms with Crippen LogP contribution in [0.25, 0.3) is 0 Å². The van der Waals surface area contributed by atoms with Crippen molar-refractivity contribution >= 4 is 246 Å². The molecule has 0 aliphatic heterocycles. The van der Waals surface area contributed by atoms with Crippen LogP contribution in [-0.4, -0.2) is 280 Å². The first-order chi connectivity index (χ1) is 10.0. The summed E-state index contributed by atoms with van der Waals surface area (Å²) < 4.78 is 44.4. The molecule has 0 aromatic rings. The van der Waals surface area contributed by atoms with Crippen molar-refractivity contribution < 1.29 is 96.2 Å². The van der Waals surface area contributed by atoms with E-state index in [9.17, 15) is 0 Å². The molecule has 0 saturated heterocycles. The fourth-order valence-electron chi connectivity index (χ4n) is 0. The fourth-order valence-corrected chi connectivity index (χ4v) is 0. The van der Waals surface area contributed by atoms with Gasteiger partial charge in [-0.15, -0.1) is 0 Å². The summed E-state index contributed by atoms with van der Waals surface area (Å²) in [5.74, 6) is 0. The molecule has 0 unspecified atom stereocenters. The van der Waals surface area contributed by atoms with E-state index in [1.165, 1.54) is 0 Å². The third-order valence-corrected chi connectivity index (χ3v) is 0. The van der Waals surface area contributed by atoms with Gasteiger partial charge in [-0.05, 0) is 0 Å². The van der Waals surface area contributed by atoms with Gasteiger partial charge in [-0.2, -0.15) is 0 Å². The summed E-state index contributed by atoms with van der Waals surface area (Å²) in [7, 11) is -23.2. The molecule has 0 heterocycles. The van der Waals surface area contributed by atoms with E-state index in [2.05, 4.69) is 0 Å². The predicted octanol–water partition coefficient (Wildman–Crippen LogP) is -9.18. The van der Waals surface area contributed by atoms with Crippen LogP contribution in [0.2, 0.25) is 0 Å². The van der Waals surface area contributed by atoms with Crippen molar-refractivity contribution in [3.63, 3.8) is 0 Å². The van der Waals surface area contributed by atoms with E-state index < -0.39 is 39.1 Å². The standard InChI is InChI=1S/7Na.5H3O4P.7H/c;;;;;;;5*1-5(2,3)4;;;;;;;/h;;;;;;;5*(H3,1,2,3,4);;;;;;;. The van der Waals surface area contributed by atoms with E-state index in [4.69, 9.17) is 96.2 Å². The Bertz CT molecular complexity index is 389. The van der Waals surface area contributed by atoms with Crippen LogP contribution >= 0.6 is 39.1 Å². The van der Waals surface area contributed by atoms with Gasteiger partial charge in [-0.1, -0.05) is 0 Å². The monoisotopic (exact) mass is 658 g/mol. The van der Waals surface area contributed by atoms with Crippen molar-refractivity contribution in [3.8, 4) is 0 Å². The zero-order valence-electron chi connectivity index (χ0n) is 11.0. The first-order valence-corrected chi connectivity index (χ1v) is 11.7. The molecule has 15 N–H and O–H groups in total. The molecule has 20 nitrogen and oxygen atoms in total. The van der Waals surface area contributed by atoms with Crippen LogP contribution in [0.3, 0.4) is 0 Å². The zero-order chi connectivity index (χ0) is 22.5. The number of phosphoric acid groups is 5. The predicted molar refractivity (Wildman–Crippen MR) is 121 cm³/mol. The average Bonchev–Trinajstić information content (AvgIpc) is 1.79. The quantitative estimate of drug-likeness (QED) is 0.0848. The SMILES string of the molecule is O=P(O)(O)O.O=P(O)(O)O.O=P(O)(O)O.O=P(O)(O)O.O=P(O)(O)O.[NaH].[NaH].[NaH].[NaH].[NaH].[NaH].[NaH]. The van der Waals surface area contributed by atoms with Gasteiger partial charge in [0.25, 0.3) is 0 Å². The molecule has 0 aliphatic carbocycles. The molecule has 0 fully saturated rings. The van der Waals surface area contributed by atoms with Crippen LogP contribution in [0.4, 0.5) is 0 Å². The third kappa shape index (κ3) is 880. The Balaban J connectivity index is -0.0000000148. The number of hydrogen-bond acceptors (Lipinski definition) is 5. The van der Waals surface area contributed by atoms with Gasteiger partial charge >= 0.3 is 246 Å². The summed E-state index contributed by atoms with van der Waals surface area (Å²) in [6.07, 6.45) is 0. The van der Waals surface area contributed by atoms with Gasteiger partial charge in [0.05, 0.1) is 0 Å². The Morgan fingerprint density at radius 2 is 0.219 bits per heavy atom. The van der Waals surface area contributed by atoms with E-state index in [1.54, 1.807) is 0 Å². The van der Waals surface area contributed by atoms with Crippen LogP contribution in [0.1, 0.15) is 0 Å². The average molecular weight is 658 g/mol. The van der Waals surface area contributed by atoms with Gasteiger partial charge < -0.3 is 73.4 Å². The minimum absolute atomic E-state index is 0. The molecule has 0 atom stereocenters. The van der Waals surface area contributed by atoms with Gasteiger partial charge in [-0.25, -0.2) is 22.8 Å². The Hall–Kier alpha value is 7.55. The van der Waals surface area contributed by atoms with Gasteiger partial charge in [0.1, 0.15) is 0 Å². The van der Waals surface area contributed by atoms with Gasteiger partial charge in [0, 0.05) is 0 Å². The van der Waals surface area contributed by atoms with Crippen LogP contribution in [-0.2, 0) is 22.8 Å². The molecular formula is H22Na7O20P5. The molecule has 0 spiro atoms. The van der Waals surface area contributed by atoms with Crippen LogP contribution in [0.5, 0.6) is 0 Å². The second-order valence-corrected chi connectivity index (χ2v) is 7.70. The van der Waals surface area contributed by atoms with Crippen LogP contribution in [0, 0.1) is 0 Å². The normalized spacial score (nSPS) is 9.22. The fraction of sp³-hybridized carbons (Fsp3) is 0. The van der Waals surface area contributed by atoms with E-state index in [1.807, 2.05) is 0 Å². The molecule has 32 heavy (non-hydrogen) atoms. The van der Waals surface area contributed by atoms with E-state index in [0.717, 1.165) is 0 Å². The summed E-state index contributed by atoms with van der Waals surface area (Å²) in [6, 6.07) is 0. The van der Waals surface area contributed by atoms with Crippen LogP contribution < -0.4 is 0 Å². The number of hydrogen-bond donors (Lipinski definition) is 15. The van der Waals surface area contributed by atoms with Crippen molar-refractivity contribution in [2.24, 2.45) is 0 Å². The van der Waals surface area contributed by atoms with Crippen molar-refractivity contribution in [1.29, 1.82) is 0 Å². The molecule has 174 valence electrons. The molecule has 0 aromatic heterocycles. The van der Waals surface area contributed by atoms with E-state index in [0.29, 0.717) is 0 Å². The van der Waals surface area contributed by atoms with Crippen molar-refractivity contribution in [2.75, 3.05) is 0 Å². The second-order valence-electron chi connectivity index (χ2n) is 2.57. The Kier molecular flexibility index (Phi) is 93.3.